The largest absolute Gasteiger partial charge is 0.462 e. The number of hydrogen-bond donors (Lipinski definition) is 2. The predicted molar refractivity (Wildman–Crippen MR) is 106 cm³/mol. The molecule has 6 nitrogen and oxygen atoms in total. The predicted octanol–water partition coefficient (Wildman–Crippen LogP) is 4.19. The van der Waals surface area contributed by atoms with Gasteiger partial charge >= 0.3 is 5.97 Å². The smallest absolute Gasteiger partial charge is 0.340 e. The zero-order chi connectivity index (χ0) is 19.8. The maximum Gasteiger partial charge on any atom is 0.340 e. The molecule has 0 fully saturated rings. The Morgan fingerprint density at radius 2 is 1.89 bits per heavy atom. The van der Waals surface area contributed by atoms with Gasteiger partial charge in [-0.05, 0) is 43.2 Å². The van der Waals surface area contributed by atoms with E-state index < -0.39 is 5.97 Å². The highest BCUT2D eigenvalue weighted by Crippen LogP contribution is 2.20. The Balaban J connectivity index is 1.66. The molecule has 3 rings (SSSR count). The van der Waals surface area contributed by atoms with Gasteiger partial charge in [0.15, 0.2) is 0 Å². The van der Waals surface area contributed by atoms with Gasteiger partial charge in [-0.15, -0.1) is 0 Å². The summed E-state index contributed by atoms with van der Waals surface area (Å²) < 4.78 is 18.8. The fourth-order valence-corrected chi connectivity index (χ4v) is 2.64. The molecular formula is C21H21FN4O2. The Morgan fingerprint density at radius 3 is 2.71 bits per heavy atom. The summed E-state index contributed by atoms with van der Waals surface area (Å²) in [5.41, 5.74) is 1.61. The molecule has 0 amide bonds. The van der Waals surface area contributed by atoms with Gasteiger partial charge in [0.05, 0.1) is 17.9 Å². The van der Waals surface area contributed by atoms with Crippen molar-refractivity contribution in [2.75, 3.05) is 23.8 Å². The molecule has 1 heterocycles. The van der Waals surface area contributed by atoms with Crippen molar-refractivity contribution in [1.29, 1.82) is 0 Å². The van der Waals surface area contributed by atoms with Crippen LogP contribution >= 0.6 is 0 Å². The summed E-state index contributed by atoms with van der Waals surface area (Å²) in [7, 11) is 0. The number of rotatable bonds is 8. The van der Waals surface area contributed by atoms with Gasteiger partial charge in [0, 0.05) is 12.7 Å². The monoisotopic (exact) mass is 380 g/mol. The van der Waals surface area contributed by atoms with Crippen molar-refractivity contribution < 1.29 is 13.9 Å². The number of nitrogens with one attached hydrogen (secondary N) is 2. The van der Waals surface area contributed by atoms with E-state index in [0.29, 0.717) is 48.2 Å². The zero-order valence-corrected chi connectivity index (χ0v) is 15.5. The molecular weight excluding hydrogens is 359 g/mol. The summed E-state index contributed by atoms with van der Waals surface area (Å²) in [6.45, 7) is 2.58. The molecule has 0 radical (unpaired) electrons. The third kappa shape index (κ3) is 5.03. The molecule has 0 aliphatic rings. The Bertz CT molecular complexity index is 949. The highest BCUT2D eigenvalue weighted by molar-refractivity contribution is 5.96. The molecule has 1 aromatic heterocycles. The molecule has 0 bridgehead atoms. The highest BCUT2D eigenvalue weighted by atomic mass is 19.1. The fourth-order valence-electron chi connectivity index (χ4n) is 2.64. The van der Waals surface area contributed by atoms with E-state index in [9.17, 15) is 9.18 Å². The van der Waals surface area contributed by atoms with Crippen molar-refractivity contribution in [2.45, 2.75) is 13.3 Å². The van der Waals surface area contributed by atoms with Crippen LogP contribution in [0.25, 0.3) is 0 Å². The number of anilines is 3. The van der Waals surface area contributed by atoms with E-state index in [-0.39, 0.29) is 5.82 Å². The van der Waals surface area contributed by atoms with Crippen LogP contribution in [-0.4, -0.2) is 29.1 Å². The maximum atomic E-state index is 13.7. The van der Waals surface area contributed by atoms with Crippen molar-refractivity contribution in [3.05, 3.63) is 77.7 Å². The van der Waals surface area contributed by atoms with Crippen LogP contribution < -0.4 is 10.6 Å². The van der Waals surface area contributed by atoms with Crippen molar-refractivity contribution in [2.24, 2.45) is 0 Å². The van der Waals surface area contributed by atoms with E-state index in [0.717, 1.165) is 0 Å². The summed E-state index contributed by atoms with van der Waals surface area (Å²) in [6.07, 6.45) is 2.14. The molecule has 0 unspecified atom stereocenters. The van der Waals surface area contributed by atoms with Crippen LogP contribution in [0, 0.1) is 5.82 Å². The van der Waals surface area contributed by atoms with Gasteiger partial charge in [-0.25, -0.2) is 14.2 Å². The minimum Gasteiger partial charge on any atom is -0.462 e. The molecule has 0 saturated heterocycles. The van der Waals surface area contributed by atoms with E-state index in [1.165, 1.54) is 6.07 Å². The lowest BCUT2D eigenvalue weighted by molar-refractivity contribution is 0.0527. The first-order valence-electron chi connectivity index (χ1n) is 9.01. The van der Waals surface area contributed by atoms with E-state index >= 15 is 0 Å². The summed E-state index contributed by atoms with van der Waals surface area (Å²) in [4.78, 5) is 20.7. The van der Waals surface area contributed by atoms with Gasteiger partial charge < -0.3 is 15.4 Å². The second-order valence-electron chi connectivity index (χ2n) is 5.92. The van der Waals surface area contributed by atoms with E-state index in [1.54, 1.807) is 49.5 Å². The lowest BCUT2D eigenvalue weighted by Crippen LogP contribution is -2.10. The standard InChI is InChI=1S/C21H21FN4O2/c1-2-28-20(27)16-8-4-6-10-18(16)25-21-24-14-12-19(26-21)23-13-11-15-7-3-5-9-17(15)22/h3-10,12,14H,2,11,13H2,1H3,(H2,23,24,25,26). The topological polar surface area (TPSA) is 76.1 Å². The number of esters is 1. The average Bonchev–Trinajstić information content (AvgIpc) is 2.70. The van der Waals surface area contributed by atoms with Crippen molar-refractivity contribution in [3.63, 3.8) is 0 Å². The highest BCUT2D eigenvalue weighted by Gasteiger charge is 2.12. The maximum absolute atomic E-state index is 13.7. The van der Waals surface area contributed by atoms with E-state index in [1.807, 2.05) is 12.1 Å². The molecule has 3 aromatic rings. The van der Waals surface area contributed by atoms with Crippen molar-refractivity contribution in [1.82, 2.24) is 9.97 Å². The van der Waals surface area contributed by atoms with Crippen molar-refractivity contribution >= 4 is 23.4 Å². The SMILES string of the molecule is CCOC(=O)c1ccccc1Nc1nccc(NCCc2ccccc2F)n1. The molecule has 0 aliphatic carbocycles. The molecule has 28 heavy (non-hydrogen) atoms. The number of halogens is 1. The van der Waals surface area contributed by atoms with Crippen LogP contribution in [0.4, 0.5) is 21.8 Å². The number of benzene rings is 2. The third-order valence-corrected chi connectivity index (χ3v) is 3.98. The number of para-hydroxylation sites is 1. The molecule has 2 N–H and O–H groups in total. The summed E-state index contributed by atoms with van der Waals surface area (Å²) in [5, 5.41) is 6.20. The first-order chi connectivity index (χ1) is 13.7. The van der Waals surface area contributed by atoms with Crippen LogP contribution in [0.3, 0.4) is 0 Å². The second-order valence-corrected chi connectivity index (χ2v) is 5.92. The van der Waals surface area contributed by atoms with Crippen LogP contribution in [0.5, 0.6) is 0 Å². The zero-order valence-electron chi connectivity index (χ0n) is 15.5. The quantitative estimate of drug-likeness (QED) is 0.571. The Hall–Kier alpha value is -3.48. The van der Waals surface area contributed by atoms with Gasteiger partial charge in [-0.3, -0.25) is 0 Å². The lowest BCUT2D eigenvalue weighted by atomic mass is 10.1. The molecule has 0 saturated carbocycles. The van der Waals surface area contributed by atoms with Crippen LogP contribution in [0.15, 0.2) is 60.8 Å². The van der Waals surface area contributed by atoms with Gasteiger partial charge in [0.25, 0.3) is 0 Å². The van der Waals surface area contributed by atoms with E-state index in [2.05, 4.69) is 20.6 Å². The van der Waals surface area contributed by atoms with Crippen LogP contribution in [-0.2, 0) is 11.2 Å². The molecule has 0 spiro atoms. The molecule has 2 aromatic carbocycles. The number of carbonyl (C=O) groups is 1. The second kappa shape index (κ2) is 9.45. The van der Waals surface area contributed by atoms with Crippen LogP contribution in [0.2, 0.25) is 0 Å². The minimum absolute atomic E-state index is 0.218. The first-order valence-corrected chi connectivity index (χ1v) is 9.01. The number of aromatic nitrogens is 2. The summed E-state index contributed by atoms with van der Waals surface area (Å²) >= 11 is 0. The fraction of sp³-hybridized carbons (Fsp3) is 0.190. The summed E-state index contributed by atoms with van der Waals surface area (Å²) in [6, 6.07) is 15.4. The lowest BCUT2D eigenvalue weighted by Gasteiger charge is -2.11. The number of carbonyl (C=O) groups excluding carboxylic acids is 1. The number of nitrogens with zero attached hydrogens (tertiary/aromatic N) is 2. The van der Waals surface area contributed by atoms with Gasteiger partial charge in [-0.1, -0.05) is 30.3 Å². The Labute approximate surface area is 162 Å². The van der Waals surface area contributed by atoms with Gasteiger partial charge in [0.1, 0.15) is 11.6 Å². The number of ether oxygens (including phenoxy) is 1. The van der Waals surface area contributed by atoms with Crippen LogP contribution in [0.1, 0.15) is 22.8 Å². The molecule has 0 atom stereocenters. The van der Waals surface area contributed by atoms with Gasteiger partial charge in [-0.2, -0.15) is 4.98 Å². The minimum atomic E-state index is -0.412. The Kier molecular flexibility index (Phi) is 6.51. The third-order valence-electron chi connectivity index (χ3n) is 3.98. The normalized spacial score (nSPS) is 10.4. The average molecular weight is 380 g/mol. The van der Waals surface area contributed by atoms with E-state index in [4.69, 9.17) is 4.74 Å². The number of hydrogen-bond acceptors (Lipinski definition) is 6. The Morgan fingerprint density at radius 1 is 1.11 bits per heavy atom. The molecule has 7 heteroatoms. The van der Waals surface area contributed by atoms with Crippen molar-refractivity contribution in [3.8, 4) is 0 Å². The summed E-state index contributed by atoms with van der Waals surface area (Å²) in [5.74, 6) is 0.310. The molecule has 0 aliphatic heterocycles. The van der Waals surface area contributed by atoms with Gasteiger partial charge in [0.2, 0.25) is 5.95 Å². The first kappa shape index (κ1) is 19.3. The molecule has 144 valence electrons.